The third kappa shape index (κ3) is 2.37. The molecule has 91 valence electrons. The van der Waals surface area contributed by atoms with Gasteiger partial charge in [0.25, 0.3) is 0 Å². The molecule has 17 heavy (non-hydrogen) atoms. The fourth-order valence-corrected chi connectivity index (χ4v) is 1.46. The molecule has 1 aliphatic heterocycles. The van der Waals surface area contributed by atoms with E-state index in [9.17, 15) is 18.0 Å². The number of nitrogens with zero attached hydrogens (tertiary/aromatic N) is 2. The second-order valence-corrected chi connectivity index (χ2v) is 3.53. The molecule has 5 nitrogen and oxygen atoms in total. The summed E-state index contributed by atoms with van der Waals surface area (Å²) >= 11 is 5.45. The van der Waals surface area contributed by atoms with E-state index in [0.717, 1.165) is 17.3 Å². The minimum absolute atomic E-state index is 0.0660. The number of carbonyl (C=O) groups is 1. The van der Waals surface area contributed by atoms with Crippen LogP contribution < -0.4 is 21.5 Å². The van der Waals surface area contributed by atoms with Crippen LogP contribution in [0.3, 0.4) is 0 Å². The van der Waals surface area contributed by atoms with Gasteiger partial charge in [0.05, 0.1) is 16.3 Å². The molecule has 1 radical (unpaired) electrons. The molecule has 9 heteroatoms. The minimum atomic E-state index is -4.56. The SMILES string of the molecule is O=C1[N]NN(c2ccc(Cl)c(C(F)(F)F)c2)N1. The Morgan fingerprint density at radius 3 is 2.59 bits per heavy atom. The lowest BCUT2D eigenvalue weighted by Gasteiger charge is -2.17. The molecule has 1 aromatic carbocycles. The number of hydrogen-bond acceptors (Lipinski definition) is 3. The zero-order valence-corrected chi connectivity index (χ0v) is 8.80. The van der Waals surface area contributed by atoms with Crippen molar-refractivity contribution in [2.45, 2.75) is 6.18 Å². The van der Waals surface area contributed by atoms with Crippen molar-refractivity contribution < 1.29 is 18.0 Å². The number of hydrogen-bond donors (Lipinski definition) is 2. The first kappa shape index (κ1) is 11.8. The molecular formula is C8H5ClF3N4O. The Labute approximate surface area is 98.4 Å². The summed E-state index contributed by atoms with van der Waals surface area (Å²) in [4.78, 5) is 10.7. The van der Waals surface area contributed by atoms with E-state index in [1.165, 1.54) is 6.07 Å². The van der Waals surface area contributed by atoms with Crippen LogP contribution in [0.1, 0.15) is 5.56 Å². The summed E-state index contributed by atoms with van der Waals surface area (Å²) in [6.07, 6.45) is -4.56. The zero-order chi connectivity index (χ0) is 12.6. The van der Waals surface area contributed by atoms with Crippen LogP contribution in [0.2, 0.25) is 5.02 Å². The van der Waals surface area contributed by atoms with Gasteiger partial charge in [-0.25, -0.2) is 10.2 Å². The third-order valence-electron chi connectivity index (χ3n) is 1.97. The fraction of sp³-hybridized carbons (Fsp3) is 0.125. The predicted octanol–water partition coefficient (Wildman–Crippen LogP) is 1.83. The normalized spacial score (nSPS) is 15.8. The van der Waals surface area contributed by atoms with Crippen molar-refractivity contribution in [3.8, 4) is 0 Å². The molecule has 0 atom stereocenters. The molecule has 0 unspecified atom stereocenters. The number of nitrogens with one attached hydrogen (secondary N) is 2. The number of alkyl halides is 3. The summed E-state index contributed by atoms with van der Waals surface area (Å²) in [5.41, 5.74) is 6.68. The van der Waals surface area contributed by atoms with E-state index in [-0.39, 0.29) is 5.69 Å². The molecule has 0 saturated carbocycles. The van der Waals surface area contributed by atoms with Crippen LogP contribution in [0.15, 0.2) is 18.2 Å². The summed E-state index contributed by atoms with van der Waals surface area (Å²) in [6.45, 7) is 0. The number of anilines is 1. The van der Waals surface area contributed by atoms with Crippen molar-refractivity contribution >= 4 is 23.3 Å². The van der Waals surface area contributed by atoms with Crippen molar-refractivity contribution in [2.24, 2.45) is 0 Å². The van der Waals surface area contributed by atoms with E-state index < -0.39 is 22.8 Å². The summed E-state index contributed by atoms with van der Waals surface area (Å²) in [7, 11) is 0. The molecule has 1 heterocycles. The van der Waals surface area contributed by atoms with Crippen LogP contribution in [-0.2, 0) is 6.18 Å². The van der Waals surface area contributed by atoms with Crippen LogP contribution in [-0.4, -0.2) is 6.03 Å². The topological polar surface area (TPSA) is 58.5 Å². The second kappa shape index (κ2) is 3.97. The van der Waals surface area contributed by atoms with E-state index in [2.05, 4.69) is 16.4 Å². The summed E-state index contributed by atoms with van der Waals surface area (Å²) in [5, 5.41) is 0.539. The molecule has 0 aliphatic carbocycles. The van der Waals surface area contributed by atoms with Gasteiger partial charge in [0, 0.05) is 0 Å². The highest BCUT2D eigenvalue weighted by Crippen LogP contribution is 2.36. The largest absolute Gasteiger partial charge is 0.417 e. The Kier molecular flexibility index (Phi) is 2.76. The molecule has 1 saturated heterocycles. The van der Waals surface area contributed by atoms with Gasteiger partial charge in [-0.05, 0) is 18.2 Å². The average Bonchev–Trinajstić information content (AvgIpc) is 2.64. The number of urea groups is 1. The number of rotatable bonds is 1. The van der Waals surface area contributed by atoms with Crippen molar-refractivity contribution in [1.29, 1.82) is 0 Å². The summed E-state index contributed by atoms with van der Waals surface area (Å²) < 4.78 is 37.7. The van der Waals surface area contributed by atoms with Gasteiger partial charge in [-0.1, -0.05) is 17.1 Å². The molecule has 2 N–H and O–H groups in total. The monoisotopic (exact) mass is 265 g/mol. The van der Waals surface area contributed by atoms with Crippen LogP contribution in [0.4, 0.5) is 23.7 Å². The van der Waals surface area contributed by atoms with Crippen LogP contribution in [0.25, 0.3) is 0 Å². The van der Waals surface area contributed by atoms with Crippen molar-refractivity contribution in [3.05, 3.63) is 28.8 Å². The van der Waals surface area contributed by atoms with Crippen LogP contribution in [0, 0.1) is 0 Å². The quantitative estimate of drug-likeness (QED) is 0.814. The Hall–Kier alpha value is -1.67. The van der Waals surface area contributed by atoms with E-state index in [4.69, 9.17) is 11.6 Å². The highest BCUT2D eigenvalue weighted by atomic mass is 35.5. The molecule has 0 bridgehead atoms. The van der Waals surface area contributed by atoms with Crippen molar-refractivity contribution in [2.75, 3.05) is 5.12 Å². The molecule has 1 aromatic rings. The first-order chi connectivity index (χ1) is 7.88. The van der Waals surface area contributed by atoms with Crippen molar-refractivity contribution in [1.82, 2.24) is 16.4 Å². The number of hydrazine groups is 2. The summed E-state index contributed by atoms with van der Waals surface area (Å²) in [6, 6.07) is 2.50. The maximum Gasteiger partial charge on any atom is 0.417 e. The lowest BCUT2D eigenvalue weighted by atomic mass is 10.2. The molecule has 2 rings (SSSR count). The fourth-order valence-electron chi connectivity index (χ4n) is 1.23. The number of halogens is 4. The molecule has 0 spiro atoms. The maximum atomic E-state index is 12.6. The molecule has 2 amide bonds. The average molecular weight is 266 g/mol. The van der Waals surface area contributed by atoms with E-state index in [0.29, 0.717) is 0 Å². The van der Waals surface area contributed by atoms with Gasteiger partial charge < -0.3 is 0 Å². The third-order valence-corrected chi connectivity index (χ3v) is 2.30. The number of carbonyl (C=O) groups excluding carboxylic acids is 1. The van der Waals surface area contributed by atoms with Gasteiger partial charge in [0.2, 0.25) is 0 Å². The van der Waals surface area contributed by atoms with Gasteiger partial charge >= 0.3 is 12.2 Å². The zero-order valence-electron chi connectivity index (χ0n) is 8.05. The van der Waals surface area contributed by atoms with E-state index in [1.54, 1.807) is 0 Å². The molecule has 0 aromatic heterocycles. The lowest BCUT2D eigenvalue weighted by Crippen LogP contribution is -2.39. The maximum absolute atomic E-state index is 12.6. The Bertz CT molecular complexity index is 465. The molecular weight excluding hydrogens is 261 g/mol. The Balaban J connectivity index is 2.34. The minimum Gasteiger partial charge on any atom is -0.243 e. The van der Waals surface area contributed by atoms with Crippen LogP contribution >= 0.6 is 11.6 Å². The first-order valence-electron chi connectivity index (χ1n) is 4.32. The van der Waals surface area contributed by atoms with Gasteiger partial charge in [-0.3, -0.25) is 0 Å². The van der Waals surface area contributed by atoms with E-state index >= 15 is 0 Å². The number of amides is 2. The smallest absolute Gasteiger partial charge is 0.243 e. The lowest BCUT2D eigenvalue weighted by molar-refractivity contribution is -0.137. The van der Waals surface area contributed by atoms with Crippen LogP contribution in [0.5, 0.6) is 0 Å². The highest BCUT2D eigenvalue weighted by Gasteiger charge is 2.34. The van der Waals surface area contributed by atoms with Crippen molar-refractivity contribution in [3.63, 3.8) is 0 Å². The summed E-state index contributed by atoms with van der Waals surface area (Å²) in [5.74, 6) is 0. The predicted molar refractivity (Wildman–Crippen MR) is 52.7 cm³/mol. The van der Waals surface area contributed by atoms with Gasteiger partial charge in [-0.2, -0.15) is 18.3 Å². The van der Waals surface area contributed by atoms with Gasteiger partial charge in [0.1, 0.15) is 0 Å². The first-order valence-corrected chi connectivity index (χ1v) is 4.69. The highest BCUT2D eigenvalue weighted by molar-refractivity contribution is 6.31. The van der Waals surface area contributed by atoms with E-state index in [1.807, 2.05) is 0 Å². The second-order valence-electron chi connectivity index (χ2n) is 3.13. The molecule has 1 aliphatic rings. The Morgan fingerprint density at radius 1 is 1.35 bits per heavy atom. The standard InChI is InChI=1S/C8H5ClF3N4O/c9-6-2-1-4(3-5(6)8(10,11)12)16-14-7(17)13-15-16/h1-3,15H,(H,14,17). The van der Waals surface area contributed by atoms with Gasteiger partial charge in [-0.15, -0.1) is 5.43 Å². The number of benzene rings is 1. The molecule has 1 fully saturated rings. The Morgan fingerprint density at radius 2 is 2.06 bits per heavy atom. The van der Waals surface area contributed by atoms with Gasteiger partial charge in [0.15, 0.2) is 0 Å².